The van der Waals surface area contributed by atoms with Crippen molar-refractivity contribution in [2.75, 3.05) is 0 Å². The molecular formula is C8H18O5S. The minimum Gasteiger partial charge on any atom is -0.367 e. The Hall–Kier alpha value is -0.170. The smallest absolute Gasteiger partial charge is 0.272 e. The molecule has 0 spiro atoms. The molecule has 14 heavy (non-hydrogen) atoms. The molecule has 0 bridgehead atoms. The van der Waals surface area contributed by atoms with Gasteiger partial charge in [-0.3, -0.25) is 4.55 Å². The molecule has 0 aliphatic rings. The van der Waals surface area contributed by atoms with Crippen molar-refractivity contribution in [2.24, 2.45) is 0 Å². The Labute approximate surface area is 84.5 Å². The Morgan fingerprint density at radius 3 is 2.07 bits per heavy atom. The number of rotatable bonds is 7. The number of hydrogen-bond acceptors (Lipinski definition) is 4. The Kier molecular flexibility index (Phi) is 6.26. The highest BCUT2D eigenvalue weighted by Gasteiger charge is 2.28. The van der Waals surface area contributed by atoms with E-state index in [2.05, 4.69) is 0 Å². The largest absolute Gasteiger partial charge is 0.367 e. The summed E-state index contributed by atoms with van der Waals surface area (Å²) in [5.74, 6) is 0. The van der Waals surface area contributed by atoms with Gasteiger partial charge in [0, 0.05) is 0 Å². The van der Waals surface area contributed by atoms with Crippen LogP contribution in [0.4, 0.5) is 0 Å². The summed E-state index contributed by atoms with van der Waals surface area (Å²) in [6, 6.07) is 0. The third-order valence-corrected chi connectivity index (χ3v) is 3.30. The van der Waals surface area contributed by atoms with Crippen molar-refractivity contribution >= 4 is 10.1 Å². The predicted molar refractivity (Wildman–Crippen MR) is 52.3 cm³/mol. The van der Waals surface area contributed by atoms with Crippen LogP contribution in [0.15, 0.2) is 0 Å². The van der Waals surface area contributed by atoms with Gasteiger partial charge in [0.05, 0.1) is 0 Å². The molecular weight excluding hydrogens is 208 g/mol. The van der Waals surface area contributed by atoms with Crippen LogP contribution in [0.3, 0.4) is 0 Å². The van der Waals surface area contributed by atoms with E-state index >= 15 is 0 Å². The Morgan fingerprint density at radius 2 is 1.71 bits per heavy atom. The van der Waals surface area contributed by atoms with E-state index in [1.54, 1.807) is 0 Å². The highest BCUT2D eigenvalue weighted by Crippen LogP contribution is 2.13. The van der Waals surface area contributed by atoms with Gasteiger partial charge in [-0.2, -0.15) is 8.42 Å². The Morgan fingerprint density at radius 1 is 1.14 bits per heavy atom. The first kappa shape index (κ1) is 13.8. The monoisotopic (exact) mass is 226 g/mol. The maximum atomic E-state index is 10.7. The van der Waals surface area contributed by atoms with Crippen molar-refractivity contribution in [2.45, 2.75) is 50.6 Å². The summed E-state index contributed by atoms with van der Waals surface area (Å²) in [5.41, 5.74) is 0. The molecule has 0 aromatic heterocycles. The number of hydrogen-bond donors (Lipinski definition) is 3. The van der Waals surface area contributed by atoms with Crippen LogP contribution in [0.1, 0.15) is 39.0 Å². The second-order valence-corrected chi connectivity index (χ2v) is 4.95. The molecule has 6 heteroatoms. The SMILES string of the molecule is CCCCCCC(C(O)O)S(=O)(=O)O. The van der Waals surface area contributed by atoms with Gasteiger partial charge in [-0.25, -0.2) is 0 Å². The van der Waals surface area contributed by atoms with Crippen LogP contribution in [-0.4, -0.2) is 34.7 Å². The molecule has 3 N–H and O–H groups in total. The molecule has 0 heterocycles. The van der Waals surface area contributed by atoms with E-state index < -0.39 is 21.7 Å². The molecule has 0 saturated carbocycles. The Bertz CT molecular complexity index is 234. The topological polar surface area (TPSA) is 94.8 Å². The molecule has 5 nitrogen and oxygen atoms in total. The minimum absolute atomic E-state index is 0.0799. The van der Waals surface area contributed by atoms with Crippen molar-refractivity contribution in [1.29, 1.82) is 0 Å². The highest BCUT2D eigenvalue weighted by atomic mass is 32.2. The molecule has 0 aromatic carbocycles. The molecule has 0 radical (unpaired) electrons. The second kappa shape index (κ2) is 6.34. The van der Waals surface area contributed by atoms with E-state index in [0.29, 0.717) is 6.42 Å². The van der Waals surface area contributed by atoms with Gasteiger partial charge in [0.1, 0.15) is 5.25 Å². The van der Waals surface area contributed by atoms with E-state index in [9.17, 15) is 8.42 Å². The Balaban J connectivity index is 4.01. The van der Waals surface area contributed by atoms with Gasteiger partial charge in [-0.1, -0.05) is 32.6 Å². The summed E-state index contributed by atoms with van der Waals surface area (Å²) in [6.07, 6.45) is 1.45. The normalized spacial score (nSPS) is 14.6. The maximum absolute atomic E-state index is 10.7. The van der Waals surface area contributed by atoms with Crippen molar-refractivity contribution < 1.29 is 23.2 Å². The van der Waals surface area contributed by atoms with Crippen molar-refractivity contribution in [3.63, 3.8) is 0 Å². The highest BCUT2D eigenvalue weighted by molar-refractivity contribution is 7.86. The van der Waals surface area contributed by atoms with Crippen molar-refractivity contribution in [3.05, 3.63) is 0 Å². The van der Waals surface area contributed by atoms with Crippen molar-refractivity contribution in [3.8, 4) is 0 Å². The van der Waals surface area contributed by atoms with Gasteiger partial charge in [0.15, 0.2) is 6.29 Å². The first-order valence-electron chi connectivity index (χ1n) is 4.72. The summed E-state index contributed by atoms with van der Waals surface area (Å²) in [6.45, 7) is 2.02. The lowest BCUT2D eigenvalue weighted by Gasteiger charge is -2.15. The average Bonchev–Trinajstić information content (AvgIpc) is 2.01. The standard InChI is InChI=1S/C8H18O5S/c1-2-3-4-5-6-7(8(9)10)14(11,12)13/h7-10H,2-6H2,1H3,(H,11,12,13). The van der Waals surface area contributed by atoms with E-state index in [1.165, 1.54) is 0 Å². The van der Waals surface area contributed by atoms with E-state index in [1.807, 2.05) is 6.92 Å². The summed E-state index contributed by atoms with van der Waals surface area (Å²) < 4.78 is 30.0. The summed E-state index contributed by atoms with van der Waals surface area (Å²) in [7, 11) is -4.35. The fourth-order valence-corrected chi connectivity index (χ4v) is 2.00. The molecule has 1 atom stereocenters. The van der Waals surface area contributed by atoms with Crippen LogP contribution in [0.5, 0.6) is 0 Å². The zero-order valence-electron chi connectivity index (χ0n) is 8.26. The number of unbranched alkanes of at least 4 members (excludes halogenated alkanes) is 3. The first-order chi connectivity index (χ1) is 6.39. The number of aliphatic hydroxyl groups excluding tert-OH is 1. The quantitative estimate of drug-likeness (QED) is 0.334. The maximum Gasteiger partial charge on any atom is 0.272 e. The zero-order valence-corrected chi connectivity index (χ0v) is 9.07. The lowest BCUT2D eigenvalue weighted by molar-refractivity contribution is -0.0446. The van der Waals surface area contributed by atoms with Crippen molar-refractivity contribution in [1.82, 2.24) is 0 Å². The molecule has 1 unspecified atom stereocenters. The van der Waals surface area contributed by atoms with Gasteiger partial charge in [0.2, 0.25) is 0 Å². The summed E-state index contributed by atoms with van der Waals surface area (Å²) in [5, 5.41) is 16.0. The molecule has 0 rings (SSSR count). The lowest BCUT2D eigenvalue weighted by atomic mass is 10.1. The van der Waals surface area contributed by atoms with Crippen LogP contribution in [0.25, 0.3) is 0 Å². The van der Waals surface area contributed by atoms with Gasteiger partial charge in [0.25, 0.3) is 10.1 Å². The molecule has 0 saturated heterocycles. The van der Waals surface area contributed by atoms with Crippen LogP contribution >= 0.6 is 0 Å². The van der Waals surface area contributed by atoms with Crippen LogP contribution < -0.4 is 0 Å². The van der Waals surface area contributed by atoms with Crippen LogP contribution in [0.2, 0.25) is 0 Å². The second-order valence-electron chi connectivity index (χ2n) is 3.32. The van der Waals surface area contributed by atoms with E-state index in [-0.39, 0.29) is 6.42 Å². The first-order valence-corrected chi connectivity index (χ1v) is 6.22. The summed E-state index contributed by atoms with van der Waals surface area (Å²) in [4.78, 5) is 0. The molecule has 0 aliphatic carbocycles. The molecule has 86 valence electrons. The van der Waals surface area contributed by atoms with Crippen LogP contribution in [0, 0.1) is 0 Å². The third kappa shape index (κ3) is 5.54. The van der Waals surface area contributed by atoms with Gasteiger partial charge >= 0.3 is 0 Å². The third-order valence-electron chi connectivity index (χ3n) is 2.06. The van der Waals surface area contributed by atoms with Gasteiger partial charge in [-0.15, -0.1) is 0 Å². The minimum atomic E-state index is -4.35. The fraction of sp³-hybridized carbons (Fsp3) is 1.00. The predicted octanol–water partition coefficient (Wildman–Crippen LogP) is 0.524. The molecule has 0 fully saturated rings. The molecule has 0 aromatic rings. The lowest BCUT2D eigenvalue weighted by Crippen LogP contribution is -2.33. The van der Waals surface area contributed by atoms with Gasteiger partial charge < -0.3 is 10.2 Å². The molecule has 0 amide bonds. The number of aliphatic hydroxyl groups is 2. The van der Waals surface area contributed by atoms with E-state index in [4.69, 9.17) is 14.8 Å². The molecule has 0 aliphatic heterocycles. The fourth-order valence-electron chi connectivity index (χ4n) is 1.22. The zero-order chi connectivity index (χ0) is 11.2. The van der Waals surface area contributed by atoms with Crippen LogP contribution in [-0.2, 0) is 10.1 Å². The average molecular weight is 226 g/mol. The van der Waals surface area contributed by atoms with Gasteiger partial charge in [-0.05, 0) is 6.42 Å². The summed E-state index contributed by atoms with van der Waals surface area (Å²) >= 11 is 0. The van der Waals surface area contributed by atoms with E-state index in [0.717, 1.165) is 19.3 Å².